The molecule has 2 aromatic carbocycles. The lowest BCUT2D eigenvalue weighted by Crippen LogP contribution is -2.05. The maximum Gasteiger partial charge on any atom is 0.416 e. The highest BCUT2D eigenvalue weighted by atomic mass is 35.5. The van der Waals surface area contributed by atoms with E-state index in [0.717, 1.165) is 30.3 Å². The van der Waals surface area contributed by atoms with Crippen LogP contribution in [0, 0.1) is 5.82 Å². The van der Waals surface area contributed by atoms with Crippen molar-refractivity contribution in [2.45, 2.75) is 6.18 Å². The predicted octanol–water partition coefficient (Wildman–Crippen LogP) is 4.86. The normalized spacial score (nSPS) is 11.5. The fraction of sp³-hybridized carbons (Fsp3) is 0.0714. The van der Waals surface area contributed by atoms with Gasteiger partial charge in [-0.05, 0) is 29.8 Å². The first-order valence-corrected chi connectivity index (χ1v) is 5.98. The summed E-state index contributed by atoms with van der Waals surface area (Å²) in [7, 11) is 0. The van der Waals surface area contributed by atoms with Crippen LogP contribution in [0.15, 0.2) is 36.4 Å². The smallest absolute Gasteiger partial charge is 0.416 e. The van der Waals surface area contributed by atoms with Crippen molar-refractivity contribution in [1.29, 1.82) is 0 Å². The molecular formula is C14H7ClF4O2. The van der Waals surface area contributed by atoms with Gasteiger partial charge in [-0.1, -0.05) is 23.7 Å². The van der Waals surface area contributed by atoms with Crippen LogP contribution < -0.4 is 0 Å². The first kappa shape index (κ1) is 15.3. The molecule has 110 valence electrons. The highest BCUT2D eigenvalue weighted by Crippen LogP contribution is 2.35. The monoisotopic (exact) mass is 318 g/mol. The molecule has 0 aliphatic rings. The minimum Gasteiger partial charge on any atom is -0.478 e. The zero-order valence-electron chi connectivity index (χ0n) is 10.2. The van der Waals surface area contributed by atoms with Crippen LogP contribution >= 0.6 is 11.6 Å². The van der Waals surface area contributed by atoms with E-state index >= 15 is 0 Å². The summed E-state index contributed by atoms with van der Waals surface area (Å²) < 4.78 is 51.6. The Balaban J connectivity index is 2.58. The molecular weight excluding hydrogens is 312 g/mol. The van der Waals surface area contributed by atoms with Crippen LogP contribution in [-0.4, -0.2) is 11.1 Å². The molecule has 0 saturated carbocycles. The second-order valence-electron chi connectivity index (χ2n) is 4.20. The van der Waals surface area contributed by atoms with E-state index in [0.29, 0.717) is 0 Å². The third-order valence-corrected chi connectivity index (χ3v) is 3.10. The fourth-order valence-electron chi connectivity index (χ4n) is 1.80. The summed E-state index contributed by atoms with van der Waals surface area (Å²) in [6, 6.07) is 5.87. The molecule has 0 heterocycles. The minimum atomic E-state index is -4.54. The average Bonchev–Trinajstić information content (AvgIpc) is 2.40. The maximum absolute atomic E-state index is 13.6. The van der Waals surface area contributed by atoms with Crippen molar-refractivity contribution in [3.63, 3.8) is 0 Å². The number of carbonyl (C=O) groups is 1. The number of halogens is 5. The lowest BCUT2D eigenvalue weighted by Gasteiger charge is -2.11. The number of rotatable bonds is 2. The summed E-state index contributed by atoms with van der Waals surface area (Å²) in [4.78, 5) is 10.8. The van der Waals surface area contributed by atoms with Crippen LogP contribution in [0.25, 0.3) is 11.1 Å². The number of alkyl halides is 3. The van der Waals surface area contributed by atoms with Gasteiger partial charge in [-0.15, -0.1) is 0 Å². The topological polar surface area (TPSA) is 37.3 Å². The highest BCUT2D eigenvalue weighted by Gasteiger charge is 2.30. The fourth-order valence-corrected chi connectivity index (χ4v) is 2.07. The molecule has 7 heteroatoms. The Morgan fingerprint density at radius 2 is 1.81 bits per heavy atom. The lowest BCUT2D eigenvalue weighted by atomic mass is 10.0. The second-order valence-corrected chi connectivity index (χ2v) is 4.60. The van der Waals surface area contributed by atoms with Gasteiger partial charge in [-0.3, -0.25) is 0 Å². The Bertz CT molecular complexity index is 711. The second kappa shape index (κ2) is 5.37. The van der Waals surface area contributed by atoms with Crippen LogP contribution in [0.3, 0.4) is 0 Å². The van der Waals surface area contributed by atoms with Gasteiger partial charge in [0.15, 0.2) is 0 Å². The van der Waals surface area contributed by atoms with Gasteiger partial charge >= 0.3 is 12.1 Å². The van der Waals surface area contributed by atoms with Crippen LogP contribution in [0.4, 0.5) is 17.6 Å². The van der Waals surface area contributed by atoms with E-state index in [-0.39, 0.29) is 16.1 Å². The quantitative estimate of drug-likeness (QED) is 0.803. The van der Waals surface area contributed by atoms with Crippen LogP contribution in [0.1, 0.15) is 15.9 Å². The predicted molar refractivity (Wildman–Crippen MR) is 68.8 cm³/mol. The van der Waals surface area contributed by atoms with Gasteiger partial charge in [0, 0.05) is 10.6 Å². The summed E-state index contributed by atoms with van der Waals surface area (Å²) in [5, 5.41) is 8.61. The van der Waals surface area contributed by atoms with Crippen LogP contribution in [0.2, 0.25) is 5.02 Å². The molecule has 1 N–H and O–H groups in total. The van der Waals surface area contributed by atoms with E-state index in [4.69, 9.17) is 16.7 Å². The van der Waals surface area contributed by atoms with Crippen molar-refractivity contribution >= 4 is 17.6 Å². The van der Waals surface area contributed by atoms with E-state index < -0.39 is 29.1 Å². The summed E-state index contributed by atoms with van der Waals surface area (Å²) in [5.41, 5.74) is -1.51. The zero-order valence-corrected chi connectivity index (χ0v) is 11.0. The maximum atomic E-state index is 13.6. The number of hydrogen-bond donors (Lipinski definition) is 1. The molecule has 21 heavy (non-hydrogen) atoms. The van der Waals surface area contributed by atoms with Gasteiger partial charge in [0.05, 0.1) is 11.1 Å². The molecule has 0 unspecified atom stereocenters. The largest absolute Gasteiger partial charge is 0.478 e. The molecule has 0 aliphatic carbocycles. The third kappa shape index (κ3) is 3.16. The average molecular weight is 319 g/mol. The molecule has 0 saturated heterocycles. The molecule has 0 radical (unpaired) electrons. The molecule has 0 spiro atoms. The molecule has 0 fully saturated rings. The minimum absolute atomic E-state index is 0.00901. The molecule has 0 aromatic heterocycles. The van der Waals surface area contributed by atoms with Gasteiger partial charge in [0.2, 0.25) is 0 Å². The summed E-state index contributed by atoms with van der Waals surface area (Å²) in [6.07, 6.45) is -4.54. The Morgan fingerprint density at radius 1 is 1.14 bits per heavy atom. The molecule has 2 nitrogen and oxygen atoms in total. The van der Waals surface area contributed by atoms with E-state index in [1.165, 1.54) is 6.07 Å². The van der Waals surface area contributed by atoms with Gasteiger partial charge in [0.25, 0.3) is 0 Å². The molecule has 2 rings (SSSR count). The zero-order chi connectivity index (χ0) is 15.8. The summed E-state index contributed by atoms with van der Waals surface area (Å²) in [5.74, 6) is -2.58. The van der Waals surface area contributed by atoms with Crippen LogP contribution in [0.5, 0.6) is 0 Å². The van der Waals surface area contributed by atoms with E-state index in [1.807, 2.05) is 0 Å². The molecule has 0 amide bonds. The molecule has 0 aliphatic heterocycles. The van der Waals surface area contributed by atoms with Crippen molar-refractivity contribution in [2.24, 2.45) is 0 Å². The Hall–Kier alpha value is -2.08. The van der Waals surface area contributed by atoms with Crippen LogP contribution in [-0.2, 0) is 6.18 Å². The third-order valence-electron chi connectivity index (χ3n) is 2.79. The van der Waals surface area contributed by atoms with Crippen molar-refractivity contribution < 1.29 is 27.5 Å². The number of carboxylic acid groups (broad SMARTS) is 1. The van der Waals surface area contributed by atoms with Gasteiger partial charge < -0.3 is 5.11 Å². The lowest BCUT2D eigenvalue weighted by molar-refractivity contribution is -0.137. The van der Waals surface area contributed by atoms with Crippen molar-refractivity contribution in [3.05, 3.63) is 58.4 Å². The van der Waals surface area contributed by atoms with Gasteiger partial charge in [-0.25, -0.2) is 9.18 Å². The molecule has 0 bridgehead atoms. The molecule has 2 aromatic rings. The van der Waals surface area contributed by atoms with Gasteiger partial charge in [-0.2, -0.15) is 13.2 Å². The first-order chi connectivity index (χ1) is 9.70. The van der Waals surface area contributed by atoms with Gasteiger partial charge in [0.1, 0.15) is 5.82 Å². The van der Waals surface area contributed by atoms with E-state index in [9.17, 15) is 22.4 Å². The van der Waals surface area contributed by atoms with Crippen molar-refractivity contribution in [1.82, 2.24) is 0 Å². The number of benzene rings is 2. The Labute approximate surface area is 121 Å². The summed E-state index contributed by atoms with van der Waals surface area (Å²) >= 11 is 5.84. The Kier molecular flexibility index (Phi) is 3.91. The first-order valence-electron chi connectivity index (χ1n) is 5.60. The Morgan fingerprint density at radius 3 is 2.38 bits per heavy atom. The van der Waals surface area contributed by atoms with E-state index in [1.54, 1.807) is 0 Å². The SMILES string of the molecule is O=C(O)c1cc(Cl)c(-c2cccc(C(F)(F)F)c2)cc1F. The van der Waals surface area contributed by atoms with E-state index in [2.05, 4.69) is 0 Å². The summed E-state index contributed by atoms with van der Waals surface area (Å²) in [6.45, 7) is 0. The standard InChI is InChI=1S/C14H7ClF4O2/c15-11-5-10(13(20)21)12(16)6-9(11)7-2-1-3-8(4-7)14(17,18)19/h1-6H,(H,20,21). The number of carboxylic acids is 1. The van der Waals surface area contributed by atoms with Crippen molar-refractivity contribution in [2.75, 3.05) is 0 Å². The highest BCUT2D eigenvalue weighted by molar-refractivity contribution is 6.33. The number of aromatic carboxylic acids is 1. The number of hydrogen-bond acceptors (Lipinski definition) is 1. The van der Waals surface area contributed by atoms with Crippen molar-refractivity contribution in [3.8, 4) is 11.1 Å². The molecule has 0 atom stereocenters.